The van der Waals surface area contributed by atoms with Crippen LogP contribution in [-0.2, 0) is 4.79 Å². The molecule has 1 aliphatic rings. The first-order valence-electron chi connectivity index (χ1n) is 10.6. The van der Waals surface area contributed by atoms with E-state index in [1.165, 1.54) is 17.0 Å². The van der Waals surface area contributed by atoms with Gasteiger partial charge in [0.25, 0.3) is 0 Å². The third kappa shape index (κ3) is 4.31. The molecule has 0 spiro atoms. The van der Waals surface area contributed by atoms with Crippen LogP contribution in [0.4, 0.5) is 4.39 Å². The Labute approximate surface area is 191 Å². The molecule has 1 unspecified atom stereocenters. The molecule has 0 bridgehead atoms. The Morgan fingerprint density at radius 1 is 1.21 bits per heavy atom. The van der Waals surface area contributed by atoms with Crippen molar-refractivity contribution in [1.29, 1.82) is 0 Å². The topological polar surface area (TPSA) is 106 Å². The first-order valence-corrected chi connectivity index (χ1v) is 10.6. The maximum atomic E-state index is 13.4. The molecule has 3 aromatic rings. The summed E-state index contributed by atoms with van der Waals surface area (Å²) in [5.74, 6) is -0.934. The summed E-state index contributed by atoms with van der Waals surface area (Å²) in [6.45, 7) is 3.73. The molecule has 0 saturated carbocycles. The van der Waals surface area contributed by atoms with Gasteiger partial charge in [0.05, 0.1) is 49.4 Å². The van der Waals surface area contributed by atoms with Crippen LogP contribution in [0.5, 0.6) is 5.75 Å². The number of aliphatic hydroxyl groups excluding tert-OH is 1. The van der Waals surface area contributed by atoms with Gasteiger partial charge in [0.15, 0.2) is 5.96 Å². The zero-order chi connectivity index (χ0) is 23.7. The molecule has 1 aromatic heterocycles. The van der Waals surface area contributed by atoms with Crippen LogP contribution in [0.3, 0.4) is 0 Å². The Kier molecular flexibility index (Phi) is 6.15. The molecule has 4 rings (SSSR count). The number of ether oxygens (including phenoxy) is 1. The smallest absolute Gasteiger partial charge is 0.237 e. The van der Waals surface area contributed by atoms with Crippen molar-refractivity contribution >= 4 is 11.9 Å². The van der Waals surface area contributed by atoms with Crippen LogP contribution in [-0.4, -0.2) is 45.1 Å². The number of carbonyl (C=O) groups is 1. The van der Waals surface area contributed by atoms with Gasteiger partial charge in [-0.3, -0.25) is 14.7 Å². The Hall–Kier alpha value is -3.72. The molecule has 2 aromatic carbocycles. The monoisotopic (exact) mass is 451 g/mol. The first kappa shape index (κ1) is 22.5. The lowest BCUT2D eigenvalue weighted by Gasteiger charge is -2.36. The number of rotatable bonds is 6. The average Bonchev–Trinajstić information content (AvgIpc) is 3.24. The van der Waals surface area contributed by atoms with Gasteiger partial charge in [0, 0.05) is 6.20 Å². The normalized spacial score (nSPS) is 18.1. The summed E-state index contributed by atoms with van der Waals surface area (Å²) in [5.41, 5.74) is 8.90. The van der Waals surface area contributed by atoms with Crippen molar-refractivity contribution in [3.05, 3.63) is 77.6 Å². The van der Waals surface area contributed by atoms with Gasteiger partial charge < -0.3 is 20.1 Å². The number of aryl methyl sites for hydroxylation is 1. The number of hydrogen-bond acceptors (Lipinski definition) is 6. The molecular formula is C24H26FN5O3. The number of aliphatic imine (C=N–C) groups is 1. The summed E-state index contributed by atoms with van der Waals surface area (Å²) >= 11 is 0. The Bertz CT molecular complexity index is 1190. The third-order valence-corrected chi connectivity index (χ3v) is 5.91. The second-order valence-electron chi connectivity index (χ2n) is 8.04. The van der Waals surface area contributed by atoms with E-state index < -0.39 is 18.1 Å². The predicted octanol–water partition coefficient (Wildman–Crippen LogP) is 2.90. The Balaban J connectivity index is 1.61. The lowest BCUT2D eigenvalue weighted by Crippen LogP contribution is -2.51. The highest BCUT2D eigenvalue weighted by atomic mass is 19.1. The second kappa shape index (κ2) is 9.03. The van der Waals surface area contributed by atoms with E-state index in [1.54, 1.807) is 44.6 Å². The van der Waals surface area contributed by atoms with Crippen molar-refractivity contribution in [1.82, 2.24) is 14.5 Å². The van der Waals surface area contributed by atoms with E-state index in [9.17, 15) is 14.3 Å². The maximum absolute atomic E-state index is 13.4. The van der Waals surface area contributed by atoms with Crippen molar-refractivity contribution in [2.45, 2.75) is 26.0 Å². The van der Waals surface area contributed by atoms with Crippen molar-refractivity contribution in [2.24, 2.45) is 16.6 Å². The van der Waals surface area contributed by atoms with Gasteiger partial charge >= 0.3 is 0 Å². The van der Waals surface area contributed by atoms with Crippen LogP contribution in [0.2, 0.25) is 0 Å². The maximum Gasteiger partial charge on any atom is 0.237 e. The molecule has 172 valence electrons. The fourth-order valence-corrected chi connectivity index (χ4v) is 4.03. The van der Waals surface area contributed by atoms with Gasteiger partial charge in [-0.25, -0.2) is 9.37 Å². The number of carbonyl (C=O) groups excluding carboxylic acids is 1. The zero-order valence-electron chi connectivity index (χ0n) is 18.6. The highest BCUT2D eigenvalue weighted by molar-refractivity contribution is 6.00. The molecule has 0 radical (unpaired) electrons. The summed E-state index contributed by atoms with van der Waals surface area (Å²) in [6.07, 6.45) is 2.43. The number of nitrogens with zero attached hydrogens (tertiary/aromatic N) is 4. The molecule has 2 heterocycles. The number of aliphatic hydroxyl groups is 1. The van der Waals surface area contributed by atoms with Crippen molar-refractivity contribution in [2.75, 3.05) is 13.7 Å². The molecule has 3 atom stereocenters. The Morgan fingerprint density at radius 3 is 2.55 bits per heavy atom. The van der Waals surface area contributed by atoms with Crippen LogP contribution in [0.25, 0.3) is 5.69 Å². The summed E-state index contributed by atoms with van der Waals surface area (Å²) in [7, 11) is 1.54. The summed E-state index contributed by atoms with van der Waals surface area (Å²) in [5, 5.41) is 11.1. The largest absolute Gasteiger partial charge is 0.495 e. The zero-order valence-corrected chi connectivity index (χ0v) is 18.6. The number of aromatic nitrogens is 2. The summed E-state index contributed by atoms with van der Waals surface area (Å²) < 4.78 is 20.7. The van der Waals surface area contributed by atoms with E-state index in [2.05, 4.69) is 9.98 Å². The molecule has 1 amide bonds. The van der Waals surface area contributed by atoms with Crippen LogP contribution in [0.1, 0.15) is 35.9 Å². The average molecular weight is 452 g/mol. The molecule has 33 heavy (non-hydrogen) atoms. The molecule has 3 N–H and O–H groups in total. The van der Waals surface area contributed by atoms with E-state index in [0.717, 1.165) is 11.4 Å². The molecule has 0 fully saturated rings. The van der Waals surface area contributed by atoms with E-state index in [1.807, 2.05) is 23.8 Å². The number of methoxy groups -OCH3 is 1. The standard InChI is InChI=1S/C24H26FN5O3/c1-14-12-29(13-28-14)20-9-6-17(10-21(20)33-3)22(31)19-11-27-24(26)30(23(19)32)15(2)16-4-7-18(25)8-5-16/h4-10,12-13,15,19,22,31H,11H2,1-3H3,(H2,26,27)/t15-,19?,22-/m0/s1. The third-order valence-electron chi connectivity index (χ3n) is 5.91. The fraction of sp³-hybridized carbons (Fsp3) is 0.292. The lowest BCUT2D eigenvalue weighted by atomic mass is 9.92. The van der Waals surface area contributed by atoms with Gasteiger partial charge in [-0.05, 0) is 49.2 Å². The summed E-state index contributed by atoms with van der Waals surface area (Å²) in [4.78, 5) is 23.2. The second-order valence-corrected chi connectivity index (χ2v) is 8.04. The van der Waals surface area contributed by atoms with Gasteiger partial charge in [-0.15, -0.1) is 0 Å². The number of hydrogen-bond donors (Lipinski definition) is 2. The Morgan fingerprint density at radius 2 is 1.91 bits per heavy atom. The molecule has 9 heteroatoms. The van der Waals surface area contributed by atoms with Gasteiger partial charge in [-0.2, -0.15) is 0 Å². The van der Waals surface area contributed by atoms with E-state index in [-0.39, 0.29) is 24.2 Å². The predicted molar refractivity (Wildman–Crippen MR) is 121 cm³/mol. The number of benzene rings is 2. The van der Waals surface area contributed by atoms with Gasteiger partial charge in [-0.1, -0.05) is 18.2 Å². The number of amides is 1. The molecule has 0 aliphatic carbocycles. The first-order chi connectivity index (χ1) is 15.8. The molecule has 1 aliphatic heterocycles. The SMILES string of the molecule is COc1cc([C@H](O)C2CN=C(N)N([C@@H](C)c3ccc(F)cc3)C2=O)ccc1-n1cnc(C)c1. The number of halogens is 1. The number of guanidine groups is 1. The van der Waals surface area contributed by atoms with Crippen LogP contribution in [0.15, 0.2) is 60.0 Å². The summed E-state index contributed by atoms with van der Waals surface area (Å²) in [6, 6.07) is 10.6. The van der Waals surface area contributed by atoms with E-state index >= 15 is 0 Å². The van der Waals surface area contributed by atoms with Crippen LogP contribution < -0.4 is 10.5 Å². The fourth-order valence-electron chi connectivity index (χ4n) is 4.03. The molecule has 8 nitrogen and oxygen atoms in total. The van der Waals surface area contributed by atoms with Crippen molar-refractivity contribution in [3.8, 4) is 11.4 Å². The van der Waals surface area contributed by atoms with E-state index in [4.69, 9.17) is 10.5 Å². The number of imidazole rings is 1. The molecule has 0 saturated heterocycles. The highest BCUT2D eigenvalue weighted by Crippen LogP contribution is 2.34. The molecular weight excluding hydrogens is 425 g/mol. The minimum atomic E-state index is -1.12. The van der Waals surface area contributed by atoms with Crippen LogP contribution in [0, 0.1) is 18.7 Å². The highest BCUT2D eigenvalue weighted by Gasteiger charge is 2.39. The van der Waals surface area contributed by atoms with E-state index in [0.29, 0.717) is 16.9 Å². The quantitative estimate of drug-likeness (QED) is 0.600. The van der Waals surface area contributed by atoms with Crippen molar-refractivity contribution < 1.29 is 19.0 Å². The number of nitrogens with two attached hydrogens (primary N) is 1. The van der Waals surface area contributed by atoms with Crippen LogP contribution >= 0.6 is 0 Å². The van der Waals surface area contributed by atoms with Gasteiger partial charge in [0.2, 0.25) is 5.91 Å². The lowest BCUT2D eigenvalue weighted by molar-refractivity contribution is -0.137. The van der Waals surface area contributed by atoms with Gasteiger partial charge in [0.1, 0.15) is 11.6 Å². The minimum absolute atomic E-state index is 0.0588. The minimum Gasteiger partial charge on any atom is -0.495 e. The van der Waals surface area contributed by atoms with Crippen molar-refractivity contribution in [3.63, 3.8) is 0 Å².